The van der Waals surface area contributed by atoms with Crippen LogP contribution in [0.1, 0.15) is 6.85 Å². The second kappa shape index (κ2) is 7.30. The highest BCUT2D eigenvalue weighted by molar-refractivity contribution is 7.27. The highest BCUT2D eigenvalue weighted by atomic mass is 32.1. The molecular formula is C32H20S. The summed E-state index contributed by atoms with van der Waals surface area (Å²) in [5.41, 5.74) is 3.21. The van der Waals surface area contributed by atoms with Crippen molar-refractivity contribution in [1.82, 2.24) is 0 Å². The Kier molecular flexibility index (Phi) is 3.15. The van der Waals surface area contributed by atoms with E-state index in [-0.39, 0.29) is 35.8 Å². The van der Waals surface area contributed by atoms with Gasteiger partial charge in [0.25, 0.3) is 0 Å². The van der Waals surface area contributed by atoms with E-state index in [4.69, 9.17) is 6.85 Å². The van der Waals surface area contributed by atoms with E-state index in [0.29, 0.717) is 5.56 Å². The van der Waals surface area contributed by atoms with Gasteiger partial charge in [0, 0.05) is 25.6 Å². The van der Waals surface area contributed by atoms with E-state index in [1.165, 1.54) is 31.3 Å². The van der Waals surface area contributed by atoms with Crippen molar-refractivity contribution in [3.05, 3.63) is 121 Å². The van der Waals surface area contributed by atoms with Crippen LogP contribution in [0.15, 0.2) is 121 Å². The highest BCUT2D eigenvalue weighted by Gasteiger charge is 2.15. The van der Waals surface area contributed by atoms with Crippen molar-refractivity contribution < 1.29 is 6.85 Å². The number of rotatable bonds is 2. The lowest BCUT2D eigenvalue weighted by Gasteiger charge is -2.10. The number of benzene rings is 6. The molecule has 0 saturated heterocycles. The Morgan fingerprint density at radius 1 is 0.485 bits per heavy atom. The minimum Gasteiger partial charge on any atom is -0.134 e. The van der Waals surface area contributed by atoms with Crippen LogP contribution in [0.3, 0.4) is 0 Å². The van der Waals surface area contributed by atoms with Crippen molar-refractivity contribution in [3.63, 3.8) is 0 Å². The molecule has 0 bridgehead atoms. The average Bonchev–Trinajstić information content (AvgIpc) is 3.35. The average molecular weight is 442 g/mol. The molecule has 7 aromatic rings. The lowest BCUT2D eigenvalue weighted by molar-refractivity contribution is 1.65. The summed E-state index contributed by atoms with van der Waals surface area (Å²) in [6.45, 7) is 0. The zero-order valence-corrected chi connectivity index (χ0v) is 18.4. The van der Waals surface area contributed by atoms with Gasteiger partial charge in [-0.15, -0.1) is 11.3 Å². The summed E-state index contributed by atoms with van der Waals surface area (Å²) in [5, 5.41) is 6.77. The van der Waals surface area contributed by atoms with Gasteiger partial charge in [0.15, 0.2) is 0 Å². The van der Waals surface area contributed by atoms with E-state index in [2.05, 4.69) is 60.7 Å². The Bertz CT molecular complexity index is 2050. The summed E-state index contributed by atoms with van der Waals surface area (Å²) in [4.78, 5) is 0. The third-order valence-corrected chi connectivity index (χ3v) is 7.52. The molecule has 7 rings (SSSR count). The van der Waals surface area contributed by atoms with E-state index < -0.39 is 0 Å². The molecule has 0 unspecified atom stereocenters. The lowest BCUT2D eigenvalue weighted by Crippen LogP contribution is -1.83. The van der Waals surface area contributed by atoms with Crippen LogP contribution in [0, 0.1) is 0 Å². The zero-order chi connectivity index (χ0) is 26.1. The molecule has 154 valence electrons. The normalized spacial score (nSPS) is 13.8. The first kappa shape index (κ1) is 14.3. The van der Waals surface area contributed by atoms with Crippen molar-refractivity contribution in [2.24, 2.45) is 0 Å². The van der Waals surface area contributed by atoms with Gasteiger partial charge < -0.3 is 0 Å². The molecule has 0 nitrogen and oxygen atoms in total. The molecule has 33 heavy (non-hydrogen) atoms. The van der Waals surface area contributed by atoms with Crippen LogP contribution in [-0.2, 0) is 0 Å². The Morgan fingerprint density at radius 3 is 2.00 bits per heavy atom. The number of fused-ring (bicyclic) bond motifs is 8. The minimum atomic E-state index is -0.378. The second-order valence-electron chi connectivity index (χ2n) is 8.19. The maximum atomic E-state index is 8.47. The van der Waals surface area contributed by atoms with Crippen molar-refractivity contribution in [3.8, 4) is 22.3 Å². The predicted octanol–water partition coefficient (Wildman–Crippen LogP) is 9.69. The molecule has 6 aromatic carbocycles. The van der Waals surface area contributed by atoms with Crippen molar-refractivity contribution in [1.29, 1.82) is 0 Å². The summed E-state index contributed by atoms with van der Waals surface area (Å²) in [5.74, 6) is 0. The molecule has 0 aliphatic rings. The monoisotopic (exact) mass is 441 g/mol. The van der Waals surface area contributed by atoms with Gasteiger partial charge in [0.1, 0.15) is 0 Å². The number of thiophene rings is 1. The van der Waals surface area contributed by atoms with Gasteiger partial charge in [-0.2, -0.15) is 0 Å². The molecule has 0 N–H and O–H groups in total. The molecule has 0 aliphatic heterocycles. The Labute approximate surface area is 203 Å². The second-order valence-corrected chi connectivity index (χ2v) is 9.24. The third kappa shape index (κ3) is 2.90. The standard InChI is InChI=1S/C32H20S/c1-3-9-21(10-4-1)23-15-17-27-29(19-23)25-13-7-8-14-26(25)31-28-18-16-24(20-30(28)33-32(27)31)22-11-5-2-6-12-22/h1-20H/i1D,3D,4D,9D,10D. The largest absolute Gasteiger partial charge is 0.134 e. The first-order valence-electron chi connectivity index (χ1n) is 13.4. The quantitative estimate of drug-likeness (QED) is 0.234. The van der Waals surface area contributed by atoms with Gasteiger partial charge in [-0.3, -0.25) is 0 Å². The first-order valence-corrected chi connectivity index (χ1v) is 11.7. The van der Waals surface area contributed by atoms with E-state index >= 15 is 0 Å². The summed E-state index contributed by atoms with van der Waals surface area (Å²) in [6, 6.07) is 29.9. The molecule has 0 fully saturated rings. The van der Waals surface area contributed by atoms with E-state index in [1.807, 2.05) is 30.3 Å². The molecule has 0 atom stereocenters. The molecular weight excluding hydrogens is 416 g/mol. The molecule has 0 radical (unpaired) electrons. The fourth-order valence-electron chi connectivity index (χ4n) is 4.81. The summed E-state index contributed by atoms with van der Waals surface area (Å²) < 4.78 is 43.5. The molecule has 0 saturated carbocycles. The molecule has 1 heterocycles. The molecule has 0 spiro atoms. The van der Waals surface area contributed by atoms with Crippen molar-refractivity contribution in [2.75, 3.05) is 0 Å². The molecule has 0 amide bonds. The fraction of sp³-hybridized carbons (Fsp3) is 0. The third-order valence-electron chi connectivity index (χ3n) is 6.34. The van der Waals surface area contributed by atoms with Crippen molar-refractivity contribution >= 4 is 53.1 Å². The zero-order valence-electron chi connectivity index (χ0n) is 22.6. The van der Waals surface area contributed by atoms with Gasteiger partial charge >= 0.3 is 0 Å². The number of hydrogen-bond donors (Lipinski definition) is 0. The van der Waals surface area contributed by atoms with Gasteiger partial charge in [0.05, 0.1) is 6.85 Å². The van der Waals surface area contributed by atoms with E-state index in [0.717, 1.165) is 21.5 Å². The van der Waals surface area contributed by atoms with Gasteiger partial charge in [-0.05, 0) is 50.5 Å². The summed E-state index contributed by atoms with van der Waals surface area (Å²) >= 11 is 1.77. The van der Waals surface area contributed by atoms with Crippen LogP contribution in [0.25, 0.3) is 64.0 Å². The van der Waals surface area contributed by atoms with Crippen LogP contribution in [-0.4, -0.2) is 0 Å². The van der Waals surface area contributed by atoms with Crippen LogP contribution in [0.2, 0.25) is 0 Å². The first-order chi connectivity index (χ1) is 18.4. The maximum absolute atomic E-state index is 8.47. The van der Waals surface area contributed by atoms with Crippen LogP contribution < -0.4 is 0 Å². The Morgan fingerprint density at radius 2 is 1.18 bits per heavy atom. The SMILES string of the molecule is [2H]c1c([2H])c([2H])c(-c2ccc3c(c2)c2ccccc2c2c4ccc(-c5ccccc5)cc4sc32)c([2H])c1[2H]. The lowest BCUT2D eigenvalue weighted by atomic mass is 9.94. The maximum Gasteiger partial charge on any atom is 0.0629 e. The fourth-order valence-corrected chi connectivity index (χ4v) is 6.11. The smallest absolute Gasteiger partial charge is 0.0629 e. The predicted molar refractivity (Wildman–Crippen MR) is 145 cm³/mol. The van der Waals surface area contributed by atoms with Crippen LogP contribution in [0.4, 0.5) is 0 Å². The van der Waals surface area contributed by atoms with Gasteiger partial charge in [-0.25, -0.2) is 0 Å². The topological polar surface area (TPSA) is 0 Å². The highest BCUT2D eigenvalue weighted by Crippen LogP contribution is 2.45. The van der Waals surface area contributed by atoms with E-state index in [1.54, 1.807) is 11.3 Å². The van der Waals surface area contributed by atoms with Crippen LogP contribution in [0.5, 0.6) is 0 Å². The minimum absolute atomic E-state index is 0.184. The van der Waals surface area contributed by atoms with Crippen LogP contribution >= 0.6 is 11.3 Å². The summed E-state index contributed by atoms with van der Waals surface area (Å²) in [7, 11) is 0. The molecule has 1 heteroatoms. The molecule has 0 aliphatic carbocycles. The number of hydrogen-bond acceptors (Lipinski definition) is 1. The van der Waals surface area contributed by atoms with Crippen molar-refractivity contribution in [2.45, 2.75) is 0 Å². The van der Waals surface area contributed by atoms with Gasteiger partial charge in [-0.1, -0.05) is 109 Å². The Balaban J connectivity index is 1.56. The van der Waals surface area contributed by atoms with Gasteiger partial charge in [0.2, 0.25) is 0 Å². The Hall–Kier alpha value is -3.94. The molecule has 1 aromatic heterocycles. The van der Waals surface area contributed by atoms with E-state index in [9.17, 15) is 0 Å². The summed E-state index contributed by atoms with van der Waals surface area (Å²) in [6.07, 6.45) is 0.